The van der Waals surface area contributed by atoms with E-state index < -0.39 is 5.97 Å². The fourth-order valence-electron chi connectivity index (χ4n) is 1.83. The van der Waals surface area contributed by atoms with Crippen molar-refractivity contribution in [2.75, 3.05) is 19.5 Å². The van der Waals surface area contributed by atoms with Crippen LogP contribution in [0, 0.1) is 0 Å². The topological polar surface area (TPSA) is 70.8 Å². The second-order valence-electron chi connectivity index (χ2n) is 4.23. The normalized spacial score (nSPS) is 10.0. The number of nitrogen functional groups attached to an aromatic ring is 1. The Kier molecular flexibility index (Phi) is 4.66. The summed E-state index contributed by atoms with van der Waals surface area (Å²) in [6.07, 6.45) is 0. The van der Waals surface area contributed by atoms with Crippen molar-refractivity contribution in [2.45, 2.75) is 6.92 Å². The molecule has 0 radical (unpaired) electrons. The number of anilines is 1. The summed E-state index contributed by atoms with van der Waals surface area (Å²) in [6, 6.07) is 12.0. The highest BCUT2D eigenvalue weighted by molar-refractivity contribution is 5.93. The molecule has 5 heteroatoms. The number of para-hydroxylation sites is 2. The molecule has 21 heavy (non-hydrogen) atoms. The van der Waals surface area contributed by atoms with Gasteiger partial charge in [-0.3, -0.25) is 0 Å². The van der Waals surface area contributed by atoms with E-state index in [1.54, 1.807) is 38.3 Å². The van der Waals surface area contributed by atoms with Crippen molar-refractivity contribution in [3.63, 3.8) is 0 Å². The molecule has 2 N–H and O–H groups in total. The first kappa shape index (κ1) is 14.7. The number of hydrogen-bond acceptors (Lipinski definition) is 5. The molecule has 0 aliphatic carbocycles. The van der Waals surface area contributed by atoms with Gasteiger partial charge >= 0.3 is 5.97 Å². The van der Waals surface area contributed by atoms with Crippen LogP contribution in [-0.2, 0) is 4.74 Å². The Morgan fingerprint density at radius 2 is 1.81 bits per heavy atom. The van der Waals surface area contributed by atoms with Crippen molar-refractivity contribution in [1.82, 2.24) is 0 Å². The Hall–Kier alpha value is -2.69. The molecule has 5 nitrogen and oxygen atoms in total. The number of rotatable bonds is 5. The van der Waals surface area contributed by atoms with Crippen LogP contribution in [0.2, 0.25) is 0 Å². The first-order valence-electron chi connectivity index (χ1n) is 6.53. The Morgan fingerprint density at radius 3 is 2.48 bits per heavy atom. The Morgan fingerprint density at radius 1 is 1.10 bits per heavy atom. The lowest BCUT2D eigenvalue weighted by atomic mass is 10.2. The lowest BCUT2D eigenvalue weighted by Crippen LogP contribution is -2.07. The molecule has 0 aliphatic rings. The lowest BCUT2D eigenvalue weighted by molar-refractivity contribution is 0.0523. The summed E-state index contributed by atoms with van der Waals surface area (Å²) in [5.74, 6) is 0.973. The third-order valence-electron chi connectivity index (χ3n) is 2.79. The maximum absolute atomic E-state index is 12.0. The zero-order valence-corrected chi connectivity index (χ0v) is 12.0. The molecule has 0 bridgehead atoms. The van der Waals surface area contributed by atoms with E-state index in [0.29, 0.717) is 22.9 Å². The van der Waals surface area contributed by atoms with Gasteiger partial charge in [0.25, 0.3) is 0 Å². The van der Waals surface area contributed by atoms with Crippen LogP contribution in [0.15, 0.2) is 42.5 Å². The van der Waals surface area contributed by atoms with Gasteiger partial charge in [-0.15, -0.1) is 0 Å². The van der Waals surface area contributed by atoms with Gasteiger partial charge in [-0.25, -0.2) is 4.79 Å². The quantitative estimate of drug-likeness (QED) is 0.675. The summed E-state index contributed by atoms with van der Waals surface area (Å²) in [7, 11) is 1.55. The predicted molar refractivity (Wildman–Crippen MR) is 79.9 cm³/mol. The minimum atomic E-state index is -0.477. The maximum Gasteiger partial charge on any atom is 0.342 e. The average molecular weight is 287 g/mol. The number of hydrogen-bond donors (Lipinski definition) is 1. The molecule has 110 valence electrons. The second-order valence-corrected chi connectivity index (χ2v) is 4.23. The molecule has 0 spiro atoms. The number of carbonyl (C=O) groups is 1. The molecule has 0 atom stereocenters. The molecule has 0 saturated carbocycles. The number of methoxy groups -OCH3 is 1. The predicted octanol–water partition coefficient (Wildman–Crippen LogP) is 3.25. The van der Waals surface area contributed by atoms with Gasteiger partial charge in [-0.05, 0) is 37.3 Å². The van der Waals surface area contributed by atoms with Crippen molar-refractivity contribution in [3.8, 4) is 17.2 Å². The molecule has 0 saturated heterocycles. The average Bonchev–Trinajstić information content (AvgIpc) is 2.49. The zero-order chi connectivity index (χ0) is 15.2. The Balaban J connectivity index is 2.37. The van der Waals surface area contributed by atoms with Crippen molar-refractivity contribution in [2.24, 2.45) is 0 Å². The first-order chi connectivity index (χ1) is 10.2. The molecule has 2 aromatic rings. The molecule has 2 rings (SSSR count). The molecule has 0 heterocycles. The second kappa shape index (κ2) is 6.65. The molecule has 0 unspecified atom stereocenters. The summed E-state index contributed by atoms with van der Waals surface area (Å²) in [6.45, 7) is 2.02. The van der Waals surface area contributed by atoms with Crippen LogP contribution in [0.25, 0.3) is 0 Å². The van der Waals surface area contributed by atoms with Gasteiger partial charge in [0.15, 0.2) is 11.5 Å². The summed E-state index contributed by atoms with van der Waals surface area (Å²) < 4.78 is 16.0. The molecule has 0 aliphatic heterocycles. The van der Waals surface area contributed by atoms with Crippen molar-refractivity contribution in [1.29, 1.82) is 0 Å². The largest absolute Gasteiger partial charge is 0.493 e. The van der Waals surface area contributed by atoms with Crippen molar-refractivity contribution >= 4 is 11.7 Å². The van der Waals surface area contributed by atoms with E-state index in [2.05, 4.69) is 0 Å². The van der Waals surface area contributed by atoms with Gasteiger partial charge in [-0.2, -0.15) is 0 Å². The van der Waals surface area contributed by atoms with E-state index in [-0.39, 0.29) is 12.2 Å². The van der Waals surface area contributed by atoms with Crippen LogP contribution in [0.4, 0.5) is 5.69 Å². The van der Waals surface area contributed by atoms with E-state index in [4.69, 9.17) is 19.9 Å². The number of esters is 1. The fraction of sp³-hybridized carbons (Fsp3) is 0.188. The highest BCUT2D eigenvalue weighted by atomic mass is 16.5. The fourth-order valence-corrected chi connectivity index (χ4v) is 1.83. The number of carbonyl (C=O) groups excluding carboxylic acids is 1. The minimum absolute atomic E-state index is 0.279. The molecule has 2 aromatic carbocycles. The summed E-state index contributed by atoms with van der Waals surface area (Å²) in [5, 5.41) is 0. The van der Waals surface area contributed by atoms with Crippen LogP contribution in [-0.4, -0.2) is 19.7 Å². The van der Waals surface area contributed by atoms with Crippen molar-refractivity contribution < 1.29 is 19.0 Å². The number of nitrogens with two attached hydrogens (primary N) is 1. The van der Waals surface area contributed by atoms with E-state index in [0.717, 1.165) is 0 Å². The Labute approximate surface area is 123 Å². The van der Waals surface area contributed by atoms with E-state index in [1.807, 2.05) is 12.1 Å². The van der Waals surface area contributed by atoms with E-state index in [1.165, 1.54) is 6.07 Å². The van der Waals surface area contributed by atoms with Gasteiger partial charge in [0, 0.05) is 5.69 Å². The van der Waals surface area contributed by atoms with Crippen LogP contribution < -0.4 is 15.2 Å². The molecule has 0 amide bonds. The molecule has 0 aromatic heterocycles. The van der Waals surface area contributed by atoms with Gasteiger partial charge in [-0.1, -0.05) is 12.1 Å². The highest BCUT2D eigenvalue weighted by Gasteiger charge is 2.16. The lowest BCUT2D eigenvalue weighted by Gasteiger charge is -2.13. The van der Waals surface area contributed by atoms with Gasteiger partial charge in [0.1, 0.15) is 11.3 Å². The van der Waals surface area contributed by atoms with Crippen LogP contribution >= 0.6 is 0 Å². The maximum atomic E-state index is 12.0. The van der Waals surface area contributed by atoms with Crippen LogP contribution in [0.5, 0.6) is 17.2 Å². The Bertz CT molecular complexity index is 640. The van der Waals surface area contributed by atoms with Gasteiger partial charge < -0.3 is 19.9 Å². The minimum Gasteiger partial charge on any atom is -0.493 e. The number of benzene rings is 2. The molecular formula is C16H17NO4. The van der Waals surface area contributed by atoms with E-state index >= 15 is 0 Å². The molecular weight excluding hydrogens is 270 g/mol. The van der Waals surface area contributed by atoms with Crippen LogP contribution in [0.3, 0.4) is 0 Å². The van der Waals surface area contributed by atoms with Gasteiger partial charge in [0.2, 0.25) is 0 Å². The van der Waals surface area contributed by atoms with Gasteiger partial charge in [0.05, 0.1) is 13.7 Å². The SMILES string of the molecule is CCOC(=O)c1cc(N)ccc1Oc1ccccc1OC. The summed E-state index contributed by atoms with van der Waals surface area (Å²) in [5.41, 5.74) is 6.47. The van der Waals surface area contributed by atoms with E-state index in [9.17, 15) is 4.79 Å². The first-order valence-corrected chi connectivity index (χ1v) is 6.53. The van der Waals surface area contributed by atoms with Crippen LogP contribution in [0.1, 0.15) is 17.3 Å². The third kappa shape index (κ3) is 3.45. The molecule has 0 fully saturated rings. The smallest absolute Gasteiger partial charge is 0.342 e. The summed E-state index contributed by atoms with van der Waals surface area (Å²) >= 11 is 0. The standard InChI is InChI=1S/C16H17NO4/c1-3-20-16(18)12-10-11(17)8-9-13(12)21-15-7-5-4-6-14(15)19-2/h4-10H,3,17H2,1-2H3. The monoisotopic (exact) mass is 287 g/mol. The highest BCUT2D eigenvalue weighted by Crippen LogP contribution is 2.33. The zero-order valence-electron chi connectivity index (χ0n) is 12.0. The van der Waals surface area contributed by atoms with Crippen molar-refractivity contribution in [3.05, 3.63) is 48.0 Å². The third-order valence-corrected chi connectivity index (χ3v) is 2.79. The summed E-state index contributed by atoms with van der Waals surface area (Å²) in [4.78, 5) is 12.0. The number of ether oxygens (including phenoxy) is 3.